The van der Waals surface area contributed by atoms with Crippen LogP contribution in [0.2, 0.25) is 0 Å². The molecule has 0 saturated carbocycles. The molecule has 0 atom stereocenters. The lowest BCUT2D eigenvalue weighted by atomic mass is 10.1. The third-order valence-electron chi connectivity index (χ3n) is 3.28. The maximum Gasteiger partial charge on any atom is 0.328 e. The van der Waals surface area contributed by atoms with Crippen LogP contribution in [0, 0.1) is 19.7 Å². The van der Waals surface area contributed by atoms with Crippen LogP contribution in [0.5, 0.6) is 0 Å². The van der Waals surface area contributed by atoms with Gasteiger partial charge in [-0.3, -0.25) is 14.2 Å². The van der Waals surface area contributed by atoms with Crippen molar-refractivity contribution in [3.8, 4) is 0 Å². The Morgan fingerprint density at radius 1 is 1.24 bits per heavy atom. The number of hydrogen-bond acceptors (Lipinski definition) is 3. The van der Waals surface area contributed by atoms with Crippen LogP contribution in [0.1, 0.15) is 34.0 Å². The molecule has 0 aliphatic rings. The Morgan fingerprint density at radius 2 is 1.81 bits per heavy atom. The summed E-state index contributed by atoms with van der Waals surface area (Å²) in [7, 11) is 0. The van der Waals surface area contributed by atoms with Crippen LogP contribution < -0.4 is 11.2 Å². The zero-order chi connectivity index (χ0) is 15.7. The number of hydrogen-bond donors (Lipinski definition) is 1. The van der Waals surface area contributed by atoms with Gasteiger partial charge in [0.2, 0.25) is 0 Å². The number of aryl methyl sites for hydroxylation is 2. The number of nitrogens with one attached hydrogen (secondary N) is 1. The smallest absolute Gasteiger partial charge is 0.313 e. The van der Waals surface area contributed by atoms with Crippen molar-refractivity contribution in [2.24, 2.45) is 0 Å². The number of benzene rings is 1. The second-order valence-electron chi connectivity index (χ2n) is 5.00. The molecule has 0 bridgehead atoms. The number of carbonyl (C=O) groups is 1. The highest BCUT2D eigenvalue weighted by Gasteiger charge is 2.12. The minimum absolute atomic E-state index is 0.0166. The Labute approximate surface area is 120 Å². The molecule has 0 aliphatic carbocycles. The van der Waals surface area contributed by atoms with E-state index < -0.39 is 17.0 Å². The van der Waals surface area contributed by atoms with Gasteiger partial charge in [0.25, 0.3) is 5.56 Å². The van der Waals surface area contributed by atoms with Gasteiger partial charge in [-0.25, -0.2) is 9.18 Å². The summed E-state index contributed by atoms with van der Waals surface area (Å²) in [6.07, 6.45) is 1.12. The number of Topliss-reactive ketones (excluding diaryl/α,β-unsaturated/α-hetero) is 1. The number of aromatic nitrogens is 2. The van der Waals surface area contributed by atoms with E-state index in [9.17, 15) is 18.8 Å². The molecule has 0 fully saturated rings. The van der Waals surface area contributed by atoms with E-state index in [2.05, 4.69) is 4.98 Å². The van der Waals surface area contributed by atoms with Gasteiger partial charge in [-0.15, -0.1) is 0 Å². The number of nitrogens with zero attached hydrogens (tertiary/aromatic N) is 1. The number of carbonyl (C=O) groups excluding carboxylic acids is 1. The number of ketones is 1. The molecular formula is C15H15FN2O3. The molecule has 5 nitrogen and oxygen atoms in total. The van der Waals surface area contributed by atoms with Crippen molar-refractivity contribution in [2.45, 2.75) is 27.3 Å². The number of halogens is 1. The summed E-state index contributed by atoms with van der Waals surface area (Å²) in [6.45, 7) is 4.47. The summed E-state index contributed by atoms with van der Waals surface area (Å²) in [4.78, 5) is 37.6. The molecule has 0 unspecified atom stereocenters. The molecule has 110 valence electrons. The fourth-order valence-electron chi connectivity index (χ4n) is 2.22. The Morgan fingerprint density at radius 3 is 2.33 bits per heavy atom. The van der Waals surface area contributed by atoms with Crippen LogP contribution in [0.25, 0.3) is 0 Å². The molecule has 1 N–H and O–H groups in total. The van der Waals surface area contributed by atoms with Crippen molar-refractivity contribution in [3.05, 3.63) is 67.2 Å². The average molecular weight is 290 g/mol. The average Bonchev–Trinajstić information content (AvgIpc) is 2.40. The van der Waals surface area contributed by atoms with Gasteiger partial charge in [-0.2, -0.15) is 0 Å². The van der Waals surface area contributed by atoms with Crippen LogP contribution in [0.4, 0.5) is 4.39 Å². The van der Waals surface area contributed by atoms with Crippen molar-refractivity contribution in [1.29, 1.82) is 0 Å². The van der Waals surface area contributed by atoms with Gasteiger partial charge in [0, 0.05) is 6.20 Å². The number of aromatic amines is 1. The molecule has 2 rings (SSSR count). The highest BCUT2D eigenvalue weighted by atomic mass is 19.1. The molecule has 1 aromatic carbocycles. The van der Waals surface area contributed by atoms with Crippen molar-refractivity contribution < 1.29 is 9.18 Å². The number of rotatable bonds is 3. The van der Waals surface area contributed by atoms with Crippen LogP contribution in [-0.2, 0) is 6.54 Å². The van der Waals surface area contributed by atoms with Gasteiger partial charge in [-0.1, -0.05) is 12.1 Å². The standard InChI is InChI=1S/C15H15FN2O3/c1-8-4-11(5-9(2)13(8)16)7-18-14(20)12(10(3)19)6-17-15(18)21/h4-6H,7H2,1-3H3,(H,17,21). The lowest BCUT2D eigenvalue weighted by Gasteiger charge is -2.09. The summed E-state index contributed by atoms with van der Waals surface area (Å²) in [5.41, 5.74) is 0.176. The van der Waals surface area contributed by atoms with Crippen molar-refractivity contribution in [1.82, 2.24) is 9.55 Å². The van der Waals surface area contributed by atoms with Crippen LogP contribution in [-0.4, -0.2) is 15.3 Å². The van der Waals surface area contributed by atoms with Crippen molar-refractivity contribution in [3.63, 3.8) is 0 Å². The van der Waals surface area contributed by atoms with Crippen LogP contribution in [0.3, 0.4) is 0 Å². The van der Waals surface area contributed by atoms with E-state index in [1.165, 1.54) is 6.92 Å². The molecule has 1 heterocycles. The second-order valence-corrected chi connectivity index (χ2v) is 5.00. The van der Waals surface area contributed by atoms with Crippen LogP contribution in [0.15, 0.2) is 27.9 Å². The Balaban J connectivity index is 2.55. The Bertz CT molecular complexity index is 811. The largest absolute Gasteiger partial charge is 0.328 e. The van der Waals surface area contributed by atoms with E-state index in [1.54, 1.807) is 26.0 Å². The first-order valence-electron chi connectivity index (χ1n) is 6.40. The molecule has 6 heteroatoms. The molecule has 1 aromatic heterocycles. The molecular weight excluding hydrogens is 275 g/mol. The van der Waals surface area contributed by atoms with Gasteiger partial charge in [-0.05, 0) is 37.5 Å². The van der Waals surface area contributed by atoms with Gasteiger partial charge in [0.05, 0.1) is 12.1 Å². The molecule has 21 heavy (non-hydrogen) atoms. The zero-order valence-corrected chi connectivity index (χ0v) is 12.0. The van der Waals surface area contributed by atoms with Gasteiger partial charge >= 0.3 is 5.69 Å². The lowest BCUT2D eigenvalue weighted by Crippen LogP contribution is -2.38. The first-order chi connectivity index (χ1) is 9.81. The predicted octanol–water partition coefficient (Wildman–Crippen LogP) is 1.54. The van der Waals surface area contributed by atoms with Crippen LogP contribution >= 0.6 is 0 Å². The normalized spacial score (nSPS) is 10.7. The molecule has 0 saturated heterocycles. The molecule has 0 amide bonds. The third-order valence-corrected chi connectivity index (χ3v) is 3.28. The van der Waals surface area contributed by atoms with E-state index in [1.807, 2.05) is 0 Å². The molecule has 0 spiro atoms. The van der Waals surface area contributed by atoms with Gasteiger partial charge in [0.1, 0.15) is 5.82 Å². The lowest BCUT2D eigenvalue weighted by molar-refractivity contribution is 0.101. The summed E-state index contributed by atoms with van der Waals surface area (Å²) < 4.78 is 14.5. The highest BCUT2D eigenvalue weighted by molar-refractivity contribution is 5.93. The highest BCUT2D eigenvalue weighted by Crippen LogP contribution is 2.14. The maximum absolute atomic E-state index is 13.6. The predicted molar refractivity (Wildman–Crippen MR) is 76.3 cm³/mol. The fraction of sp³-hybridized carbons (Fsp3) is 0.267. The second kappa shape index (κ2) is 5.47. The van der Waals surface area contributed by atoms with Gasteiger partial charge < -0.3 is 4.98 Å². The van der Waals surface area contributed by atoms with E-state index in [-0.39, 0.29) is 17.9 Å². The molecule has 0 radical (unpaired) electrons. The third kappa shape index (κ3) is 2.84. The van der Waals surface area contributed by atoms with E-state index >= 15 is 0 Å². The topological polar surface area (TPSA) is 71.9 Å². The summed E-state index contributed by atoms with van der Waals surface area (Å²) >= 11 is 0. The van der Waals surface area contributed by atoms with E-state index in [4.69, 9.17) is 0 Å². The number of H-pyrrole nitrogens is 1. The molecule has 0 aliphatic heterocycles. The SMILES string of the molecule is CC(=O)c1c[nH]c(=O)n(Cc2cc(C)c(F)c(C)c2)c1=O. The van der Waals surface area contributed by atoms with E-state index in [0.29, 0.717) is 16.7 Å². The minimum atomic E-state index is -0.647. The monoisotopic (exact) mass is 290 g/mol. The quantitative estimate of drug-likeness (QED) is 0.872. The Hall–Kier alpha value is -2.50. The van der Waals surface area contributed by atoms with Crippen molar-refractivity contribution >= 4 is 5.78 Å². The fourth-order valence-corrected chi connectivity index (χ4v) is 2.22. The minimum Gasteiger partial charge on any atom is -0.313 e. The Kier molecular flexibility index (Phi) is 3.88. The first kappa shape index (κ1) is 14.9. The summed E-state index contributed by atoms with van der Waals surface area (Å²) in [5.74, 6) is -0.728. The molecule has 2 aromatic rings. The van der Waals surface area contributed by atoms with Gasteiger partial charge in [0.15, 0.2) is 5.78 Å². The van der Waals surface area contributed by atoms with Crippen molar-refractivity contribution in [2.75, 3.05) is 0 Å². The van der Waals surface area contributed by atoms with E-state index in [0.717, 1.165) is 10.8 Å². The summed E-state index contributed by atoms with van der Waals surface area (Å²) in [5, 5.41) is 0. The maximum atomic E-state index is 13.6. The zero-order valence-electron chi connectivity index (χ0n) is 12.0. The first-order valence-corrected chi connectivity index (χ1v) is 6.40. The summed E-state index contributed by atoms with van der Waals surface area (Å²) in [6, 6.07) is 3.16.